The number of benzene rings is 2. The smallest absolute Gasteiger partial charge is 0.242 e. The number of hydrogen-bond donors (Lipinski definition) is 1. The number of anilines is 1. The first-order chi connectivity index (χ1) is 17.8. The molecule has 0 aromatic heterocycles. The highest BCUT2D eigenvalue weighted by atomic mass is 35.5. The molecule has 0 aliphatic carbocycles. The van der Waals surface area contributed by atoms with Gasteiger partial charge in [0.25, 0.3) is 0 Å². The van der Waals surface area contributed by atoms with Gasteiger partial charge in [-0.25, -0.2) is 8.42 Å². The topological polar surface area (TPSA) is 96.0 Å². The molecule has 210 valence electrons. The summed E-state index contributed by atoms with van der Waals surface area (Å²) in [6, 6.07) is 8.78. The lowest BCUT2D eigenvalue weighted by atomic mass is 10.1. The van der Waals surface area contributed by atoms with E-state index in [-0.39, 0.29) is 48.8 Å². The summed E-state index contributed by atoms with van der Waals surface area (Å²) < 4.78 is 31.4. The predicted molar refractivity (Wildman–Crippen MR) is 154 cm³/mol. The Morgan fingerprint density at radius 1 is 1.05 bits per heavy atom. The largest absolute Gasteiger partial charge is 0.495 e. The summed E-state index contributed by atoms with van der Waals surface area (Å²) in [5.41, 5.74) is 0.995. The first kappa shape index (κ1) is 32.0. The minimum atomic E-state index is -3.66. The van der Waals surface area contributed by atoms with Gasteiger partial charge in [0.1, 0.15) is 11.8 Å². The van der Waals surface area contributed by atoms with E-state index in [1.807, 2.05) is 13.8 Å². The van der Waals surface area contributed by atoms with Gasteiger partial charge in [-0.15, -0.1) is 0 Å². The van der Waals surface area contributed by atoms with Crippen molar-refractivity contribution in [3.05, 3.63) is 57.0 Å². The van der Waals surface area contributed by atoms with Crippen LogP contribution in [0.25, 0.3) is 0 Å². The van der Waals surface area contributed by atoms with Crippen molar-refractivity contribution in [2.45, 2.75) is 58.7 Å². The normalized spacial score (nSPS) is 12.9. The fraction of sp³-hybridized carbons (Fsp3) is 0.462. The Balaban J connectivity index is 2.23. The van der Waals surface area contributed by atoms with Crippen LogP contribution in [-0.4, -0.2) is 57.1 Å². The summed E-state index contributed by atoms with van der Waals surface area (Å²) >= 11 is 18.6. The van der Waals surface area contributed by atoms with Crippen molar-refractivity contribution in [2.24, 2.45) is 0 Å². The van der Waals surface area contributed by atoms with Crippen LogP contribution in [0.2, 0.25) is 15.1 Å². The SMILES string of the molecule is CC[C@@H](C)NC(=O)[C@H](C)N(Cc1ccc(Cl)cc1Cl)C(=O)CCCN(c1ccc(OC)c(Cl)c1)S(C)(=O)=O. The monoisotopic (exact) mass is 605 g/mol. The van der Waals surface area contributed by atoms with Crippen LogP contribution in [0.3, 0.4) is 0 Å². The first-order valence-electron chi connectivity index (χ1n) is 12.1. The summed E-state index contributed by atoms with van der Waals surface area (Å²) in [5.74, 6) is -0.187. The molecule has 0 fully saturated rings. The number of halogens is 3. The van der Waals surface area contributed by atoms with E-state index in [4.69, 9.17) is 39.5 Å². The van der Waals surface area contributed by atoms with Gasteiger partial charge in [-0.2, -0.15) is 0 Å². The Morgan fingerprint density at radius 2 is 1.74 bits per heavy atom. The van der Waals surface area contributed by atoms with Gasteiger partial charge in [-0.1, -0.05) is 47.8 Å². The van der Waals surface area contributed by atoms with Crippen molar-refractivity contribution < 1.29 is 22.7 Å². The molecular weight excluding hydrogens is 573 g/mol. The third-order valence-electron chi connectivity index (χ3n) is 6.10. The fourth-order valence-electron chi connectivity index (χ4n) is 3.70. The molecule has 1 N–H and O–H groups in total. The van der Waals surface area contributed by atoms with Crippen molar-refractivity contribution in [3.8, 4) is 5.75 Å². The number of sulfonamides is 1. The van der Waals surface area contributed by atoms with Crippen molar-refractivity contribution in [3.63, 3.8) is 0 Å². The molecule has 2 aromatic rings. The molecular formula is C26H34Cl3N3O5S. The fourth-order valence-corrected chi connectivity index (χ4v) is 5.37. The van der Waals surface area contributed by atoms with E-state index in [0.717, 1.165) is 12.7 Å². The quantitative estimate of drug-likeness (QED) is 0.323. The highest BCUT2D eigenvalue weighted by Gasteiger charge is 2.28. The maximum atomic E-state index is 13.4. The van der Waals surface area contributed by atoms with Gasteiger partial charge in [0.15, 0.2) is 0 Å². The minimum Gasteiger partial charge on any atom is -0.495 e. The van der Waals surface area contributed by atoms with E-state index in [1.54, 1.807) is 37.3 Å². The molecule has 2 amide bonds. The third kappa shape index (κ3) is 8.93. The highest BCUT2D eigenvalue weighted by Crippen LogP contribution is 2.30. The van der Waals surface area contributed by atoms with Crippen LogP contribution < -0.4 is 14.4 Å². The number of ether oxygens (including phenoxy) is 1. The maximum Gasteiger partial charge on any atom is 0.242 e. The van der Waals surface area contributed by atoms with E-state index >= 15 is 0 Å². The van der Waals surface area contributed by atoms with Gasteiger partial charge >= 0.3 is 0 Å². The molecule has 0 heterocycles. The zero-order valence-electron chi connectivity index (χ0n) is 22.1. The Labute approximate surface area is 240 Å². The molecule has 8 nitrogen and oxygen atoms in total. The zero-order chi connectivity index (χ0) is 28.6. The molecule has 0 saturated carbocycles. The Morgan fingerprint density at radius 3 is 2.29 bits per heavy atom. The van der Waals surface area contributed by atoms with Gasteiger partial charge in [-0.05, 0) is 62.6 Å². The summed E-state index contributed by atoms with van der Waals surface area (Å²) in [7, 11) is -2.20. The molecule has 0 radical (unpaired) electrons. The maximum absolute atomic E-state index is 13.4. The number of carbonyl (C=O) groups is 2. The van der Waals surface area contributed by atoms with Crippen molar-refractivity contribution in [1.29, 1.82) is 0 Å². The average molecular weight is 607 g/mol. The summed E-state index contributed by atoms with van der Waals surface area (Å²) in [4.78, 5) is 27.8. The number of nitrogens with one attached hydrogen (secondary N) is 1. The molecule has 0 saturated heterocycles. The van der Waals surface area contributed by atoms with Crippen LogP contribution in [0.15, 0.2) is 36.4 Å². The van der Waals surface area contributed by atoms with Crippen LogP contribution in [0.5, 0.6) is 5.75 Å². The van der Waals surface area contributed by atoms with Crippen molar-refractivity contribution in [2.75, 3.05) is 24.2 Å². The van der Waals surface area contributed by atoms with Crippen molar-refractivity contribution in [1.82, 2.24) is 10.2 Å². The summed E-state index contributed by atoms with van der Waals surface area (Å²) in [5, 5.41) is 4.01. The minimum absolute atomic E-state index is 0.00205. The molecule has 0 bridgehead atoms. The number of nitrogens with zero attached hydrogens (tertiary/aromatic N) is 2. The Bertz CT molecular complexity index is 1240. The molecule has 0 unspecified atom stereocenters. The van der Waals surface area contributed by atoms with Gasteiger partial charge in [0, 0.05) is 35.6 Å². The second-order valence-corrected chi connectivity index (χ2v) is 12.2. The van der Waals surface area contributed by atoms with E-state index in [9.17, 15) is 18.0 Å². The van der Waals surface area contributed by atoms with E-state index < -0.39 is 16.1 Å². The second-order valence-electron chi connectivity index (χ2n) is 9.01. The van der Waals surface area contributed by atoms with E-state index in [0.29, 0.717) is 27.0 Å². The molecule has 0 aliphatic rings. The van der Waals surface area contributed by atoms with Crippen LogP contribution in [0.1, 0.15) is 45.6 Å². The Hall–Kier alpha value is -2.20. The number of hydrogen-bond acceptors (Lipinski definition) is 5. The lowest BCUT2D eigenvalue weighted by Crippen LogP contribution is -2.49. The number of methoxy groups -OCH3 is 1. The van der Waals surface area contributed by atoms with Gasteiger partial charge in [0.2, 0.25) is 21.8 Å². The lowest BCUT2D eigenvalue weighted by molar-refractivity contribution is -0.140. The molecule has 12 heteroatoms. The second kappa shape index (κ2) is 14.3. The number of carbonyl (C=O) groups excluding carboxylic acids is 2. The summed E-state index contributed by atoms with van der Waals surface area (Å²) in [6.07, 6.45) is 2.04. The van der Waals surface area contributed by atoms with Crippen LogP contribution in [-0.2, 0) is 26.2 Å². The average Bonchev–Trinajstić information content (AvgIpc) is 2.84. The van der Waals surface area contributed by atoms with Crippen LogP contribution in [0.4, 0.5) is 5.69 Å². The zero-order valence-corrected chi connectivity index (χ0v) is 25.2. The molecule has 2 atom stereocenters. The highest BCUT2D eigenvalue weighted by molar-refractivity contribution is 7.92. The number of rotatable bonds is 13. The Kier molecular flexibility index (Phi) is 12.0. The van der Waals surface area contributed by atoms with E-state index in [1.165, 1.54) is 22.4 Å². The molecule has 38 heavy (non-hydrogen) atoms. The molecule has 0 spiro atoms. The lowest BCUT2D eigenvalue weighted by Gasteiger charge is -2.30. The van der Waals surface area contributed by atoms with E-state index in [2.05, 4.69) is 5.32 Å². The molecule has 0 aliphatic heterocycles. The third-order valence-corrected chi connectivity index (χ3v) is 8.18. The predicted octanol–water partition coefficient (Wildman–Crippen LogP) is 5.53. The summed E-state index contributed by atoms with van der Waals surface area (Å²) in [6.45, 7) is 5.62. The first-order valence-corrected chi connectivity index (χ1v) is 15.1. The van der Waals surface area contributed by atoms with Gasteiger partial charge in [-0.3, -0.25) is 13.9 Å². The van der Waals surface area contributed by atoms with Crippen LogP contribution >= 0.6 is 34.8 Å². The number of amides is 2. The van der Waals surface area contributed by atoms with Crippen LogP contribution in [0, 0.1) is 0 Å². The molecule has 2 aromatic carbocycles. The van der Waals surface area contributed by atoms with Gasteiger partial charge in [0.05, 0.1) is 24.1 Å². The molecule has 2 rings (SSSR count). The van der Waals surface area contributed by atoms with Crippen molar-refractivity contribution >= 4 is 62.3 Å². The standard InChI is InChI=1S/C26H34Cl3N3O5S/c1-6-17(2)30-26(34)18(3)31(16-19-9-10-20(27)14-22(19)28)25(33)8-7-13-32(38(5,35)36)21-11-12-24(37-4)23(29)15-21/h9-12,14-15,17-18H,6-8,13,16H2,1-5H3,(H,30,34)/t17-,18+/m1/s1. The van der Waals surface area contributed by atoms with Gasteiger partial charge < -0.3 is 15.0 Å².